The fourth-order valence-electron chi connectivity index (χ4n) is 4.24. The van der Waals surface area contributed by atoms with E-state index in [2.05, 4.69) is 5.32 Å². The van der Waals surface area contributed by atoms with Crippen LogP contribution in [-0.2, 0) is 11.2 Å². The first-order valence-corrected chi connectivity index (χ1v) is 10.6. The Hall–Kier alpha value is -3.73. The number of amides is 1. The zero-order valence-corrected chi connectivity index (χ0v) is 17.7. The molecule has 1 aliphatic carbocycles. The molecule has 0 spiro atoms. The van der Waals surface area contributed by atoms with Gasteiger partial charge >= 0.3 is 6.09 Å². The lowest BCUT2D eigenvalue weighted by molar-refractivity contribution is 0.0179. The number of carbonyl (C=O) groups is 1. The normalized spacial score (nSPS) is 14.0. The van der Waals surface area contributed by atoms with Gasteiger partial charge in [-0.2, -0.15) is 5.26 Å². The molecule has 3 N–H and O–H groups in total. The highest BCUT2D eigenvalue weighted by Gasteiger charge is 2.29. The summed E-state index contributed by atoms with van der Waals surface area (Å²) in [7, 11) is 0. The Kier molecular flexibility index (Phi) is 6.68. The number of rotatable bonds is 7. The Morgan fingerprint density at radius 1 is 1.06 bits per heavy atom. The van der Waals surface area contributed by atoms with Crippen molar-refractivity contribution < 1.29 is 24.1 Å². The van der Waals surface area contributed by atoms with E-state index in [-0.39, 0.29) is 31.1 Å². The third kappa shape index (κ3) is 4.72. The Labute approximate surface area is 190 Å². The van der Waals surface area contributed by atoms with E-state index in [0.717, 1.165) is 28.3 Å². The first kappa shape index (κ1) is 22.5. The molecule has 2 atom stereocenters. The maximum atomic E-state index is 13.6. The molecular weight excluding hydrogens is 423 g/mol. The SMILES string of the molecule is N#CCc1ccc(F)cc1C(O)C(O)CNC(=O)OCC1c2ccccc2-c2ccccc21. The van der Waals surface area contributed by atoms with E-state index in [1.165, 1.54) is 12.1 Å². The standard InChI is InChI=1S/C26H23FN2O4/c27-17-10-9-16(11-12-28)22(13-17)25(31)24(30)14-29-26(32)33-15-23-20-7-3-1-5-18(20)19-6-2-4-8-21(19)23/h1-10,13,23-25,30-31H,11,14-15H2,(H,29,32). The number of hydrogen-bond acceptors (Lipinski definition) is 5. The van der Waals surface area contributed by atoms with Gasteiger partial charge in [0.05, 0.1) is 12.5 Å². The maximum Gasteiger partial charge on any atom is 0.407 e. The zero-order chi connectivity index (χ0) is 23.4. The molecule has 3 aromatic rings. The van der Waals surface area contributed by atoms with Crippen LogP contribution in [0.3, 0.4) is 0 Å². The van der Waals surface area contributed by atoms with Crippen LogP contribution in [0.4, 0.5) is 9.18 Å². The van der Waals surface area contributed by atoms with Crippen LogP contribution in [-0.4, -0.2) is 35.6 Å². The minimum absolute atomic E-state index is 0.0425. The van der Waals surface area contributed by atoms with Crippen LogP contribution in [0.2, 0.25) is 0 Å². The predicted octanol–water partition coefficient (Wildman–Crippen LogP) is 3.82. The van der Waals surface area contributed by atoms with Crippen molar-refractivity contribution in [2.24, 2.45) is 0 Å². The van der Waals surface area contributed by atoms with E-state index in [0.29, 0.717) is 5.56 Å². The number of nitrogens with zero attached hydrogens (tertiary/aromatic N) is 1. The second-order valence-electron chi connectivity index (χ2n) is 7.90. The van der Waals surface area contributed by atoms with Gasteiger partial charge in [-0.3, -0.25) is 0 Å². The average molecular weight is 446 g/mol. The van der Waals surface area contributed by atoms with Gasteiger partial charge in [0.1, 0.15) is 24.6 Å². The van der Waals surface area contributed by atoms with Crippen molar-refractivity contribution >= 4 is 6.09 Å². The second kappa shape index (κ2) is 9.82. The van der Waals surface area contributed by atoms with E-state index in [1.54, 1.807) is 0 Å². The average Bonchev–Trinajstić information content (AvgIpc) is 3.15. The van der Waals surface area contributed by atoms with Crippen LogP contribution < -0.4 is 5.32 Å². The molecule has 33 heavy (non-hydrogen) atoms. The lowest BCUT2D eigenvalue weighted by Gasteiger charge is -2.21. The van der Waals surface area contributed by atoms with Crippen molar-refractivity contribution in [1.82, 2.24) is 5.32 Å². The smallest absolute Gasteiger partial charge is 0.407 e. The molecule has 0 aliphatic heterocycles. The quantitative estimate of drug-likeness (QED) is 0.512. The predicted molar refractivity (Wildman–Crippen MR) is 120 cm³/mol. The number of aliphatic hydroxyl groups excluding tert-OH is 2. The van der Waals surface area contributed by atoms with Crippen molar-refractivity contribution in [3.63, 3.8) is 0 Å². The Morgan fingerprint density at radius 3 is 2.33 bits per heavy atom. The van der Waals surface area contributed by atoms with Gasteiger partial charge in [0.2, 0.25) is 0 Å². The second-order valence-corrected chi connectivity index (χ2v) is 7.90. The molecule has 6 nitrogen and oxygen atoms in total. The summed E-state index contributed by atoms with van der Waals surface area (Å²) < 4.78 is 19.0. The number of ether oxygens (including phenoxy) is 1. The third-order valence-corrected chi connectivity index (χ3v) is 5.86. The third-order valence-electron chi connectivity index (χ3n) is 5.86. The lowest BCUT2D eigenvalue weighted by Crippen LogP contribution is -2.36. The van der Waals surface area contributed by atoms with Gasteiger partial charge < -0.3 is 20.3 Å². The highest BCUT2D eigenvalue weighted by molar-refractivity contribution is 5.79. The van der Waals surface area contributed by atoms with Crippen LogP contribution in [0.1, 0.15) is 34.3 Å². The van der Waals surface area contributed by atoms with Crippen molar-refractivity contribution in [3.8, 4) is 17.2 Å². The Bertz CT molecular complexity index is 1160. The molecule has 0 radical (unpaired) electrons. The molecule has 168 valence electrons. The Balaban J connectivity index is 1.36. The summed E-state index contributed by atoms with van der Waals surface area (Å²) in [4.78, 5) is 12.3. The van der Waals surface area contributed by atoms with Crippen LogP contribution in [0.5, 0.6) is 0 Å². The lowest BCUT2D eigenvalue weighted by atomic mass is 9.96. The summed E-state index contributed by atoms with van der Waals surface area (Å²) in [6, 6.07) is 21.5. The number of alkyl carbamates (subject to hydrolysis) is 1. The van der Waals surface area contributed by atoms with Crippen LogP contribution in [0, 0.1) is 17.1 Å². The van der Waals surface area contributed by atoms with E-state index in [1.807, 2.05) is 54.6 Å². The van der Waals surface area contributed by atoms with E-state index in [9.17, 15) is 19.4 Å². The number of benzene rings is 3. The van der Waals surface area contributed by atoms with E-state index < -0.39 is 24.1 Å². The highest BCUT2D eigenvalue weighted by Crippen LogP contribution is 2.44. The number of carbonyl (C=O) groups excluding carboxylic acids is 1. The molecule has 2 unspecified atom stereocenters. The fraction of sp³-hybridized carbons (Fsp3) is 0.231. The summed E-state index contributed by atoms with van der Waals surface area (Å²) in [6.45, 7) is -0.185. The number of hydrogen-bond donors (Lipinski definition) is 3. The van der Waals surface area contributed by atoms with Crippen LogP contribution in [0.25, 0.3) is 11.1 Å². The van der Waals surface area contributed by atoms with Gasteiger partial charge in [0.25, 0.3) is 0 Å². The number of aliphatic hydroxyl groups is 2. The summed E-state index contributed by atoms with van der Waals surface area (Å²) in [5, 5.41) is 32.1. The molecule has 0 heterocycles. The molecule has 0 fully saturated rings. The summed E-state index contributed by atoms with van der Waals surface area (Å²) >= 11 is 0. The van der Waals surface area contributed by atoms with Crippen LogP contribution >= 0.6 is 0 Å². The van der Waals surface area contributed by atoms with Gasteiger partial charge in [0.15, 0.2) is 0 Å². The summed E-state index contributed by atoms with van der Waals surface area (Å²) in [5.74, 6) is -0.693. The highest BCUT2D eigenvalue weighted by atomic mass is 19.1. The first-order valence-electron chi connectivity index (χ1n) is 10.6. The number of nitrogens with one attached hydrogen (secondary N) is 1. The molecule has 0 saturated heterocycles. The number of halogens is 1. The molecule has 4 rings (SSSR count). The van der Waals surface area contributed by atoms with Crippen molar-refractivity contribution in [1.29, 1.82) is 5.26 Å². The van der Waals surface area contributed by atoms with Crippen molar-refractivity contribution in [2.45, 2.75) is 24.5 Å². The van der Waals surface area contributed by atoms with Gasteiger partial charge in [-0.25, -0.2) is 9.18 Å². The maximum absolute atomic E-state index is 13.6. The minimum atomic E-state index is -1.47. The van der Waals surface area contributed by atoms with Gasteiger partial charge in [-0.1, -0.05) is 54.6 Å². The zero-order valence-electron chi connectivity index (χ0n) is 17.7. The Morgan fingerprint density at radius 2 is 1.70 bits per heavy atom. The fourth-order valence-corrected chi connectivity index (χ4v) is 4.24. The topological polar surface area (TPSA) is 103 Å². The minimum Gasteiger partial charge on any atom is -0.449 e. The molecule has 1 aliphatic rings. The molecule has 7 heteroatoms. The number of nitriles is 1. The molecular formula is C26H23FN2O4. The van der Waals surface area contributed by atoms with E-state index >= 15 is 0 Å². The van der Waals surface area contributed by atoms with Gasteiger partial charge in [-0.05, 0) is 45.5 Å². The largest absolute Gasteiger partial charge is 0.449 e. The molecule has 0 bridgehead atoms. The van der Waals surface area contributed by atoms with Crippen LogP contribution in [0.15, 0.2) is 66.7 Å². The summed E-state index contributed by atoms with van der Waals surface area (Å²) in [6.07, 6.45) is -3.67. The van der Waals surface area contributed by atoms with Crippen molar-refractivity contribution in [2.75, 3.05) is 13.2 Å². The van der Waals surface area contributed by atoms with Gasteiger partial charge in [0, 0.05) is 12.5 Å². The molecule has 0 saturated carbocycles. The summed E-state index contributed by atoms with van der Waals surface area (Å²) in [5.41, 5.74) is 4.91. The van der Waals surface area contributed by atoms with E-state index in [4.69, 9.17) is 10.00 Å². The molecule has 0 aromatic heterocycles. The molecule has 3 aromatic carbocycles. The van der Waals surface area contributed by atoms with Crippen molar-refractivity contribution in [3.05, 3.63) is 94.8 Å². The number of fused-ring (bicyclic) bond motifs is 3. The monoisotopic (exact) mass is 446 g/mol. The molecule has 1 amide bonds. The first-order chi connectivity index (χ1) is 16.0. The van der Waals surface area contributed by atoms with Gasteiger partial charge in [-0.15, -0.1) is 0 Å².